The Balaban J connectivity index is 1.48. The van der Waals surface area contributed by atoms with Gasteiger partial charge in [-0.3, -0.25) is 0 Å². The van der Waals surface area contributed by atoms with E-state index in [0.717, 1.165) is 21.1 Å². The van der Waals surface area contributed by atoms with Crippen molar-refractivity contribution in [3.8, 4) is 11.4 Å². The number of nitrogens with one attached hydrogen (secondary N) is 1. The number of benzene rings is 2. The Morgan fingerprint density at radius 3 is 2.43 bits per heavy atom. The zero-order valence-corrected chi connectivity index (χ0v) is 17.2. The molecule has 0 radical (unpaired) electrons. The first-order valence-electron chi connectivity index (χ1n) is 8.91. The lowest BCUT2D eigenvalue weighted by atomic mass is 10.1. The van der Waals surface area contributed by atoms with Gasteiger partial charge in [-0.15, -0.1) is 5.10 Å². The third-order valence-corrected chi connectivity index (χ3v) is 7.19. The smallest absolute Gasteiger partial charge is 0.211 e. The molecular weight excluding hydrogens is 392 g/mol. The van der Waals surface area contributed by atoms with Crippen molar-refractivity contribution in [1.29, 1.82) is 0 Å². The van der Waals surface area contributed by atoms with Gasteiger partial charge in [-0.05, 0) is 32.4 Å². The van der Waals surface area contributed by atoms with Crippen molar-refractivity contribution in [3.63, 3.8) is 0 Å². The summed E-state index contributed by atoms with van der Waals surface area (Å²) in [6.07, 6.45) is 0.591. The Hall–Kier alpha value is -2.55. The summed E-state index contributed by atoms with van der Waals surface area (Å²) < 4.78 is 29.1. The summed E-state index contributed by atoms with van der Waals surface area (Å²) in [5.74, 6) is 0.700. The zero-order chi connectivity index (χ0) is 19.7. The first kappa shape index (κ1) is 18.8. The highest BCUT2D eigenvalue weighted by Gasteiger charge is 2.16. The molecule has 0 aliphatic carbocycles. The van der Waals surface area contributed by atoms with Gasteiger partial charge in [-0.25, -0.2) is 17.7 Å². The van der Waals surface area contributed by atoms with Gasteiger partial charge >= 0.3 is 0 Å². The molecule has 6 nitrogen and oxygen atoms in total. The van der Waals surface area contributed by atoms with Crippen LogP contribution in [0.5, 0.6) is 0 Å². The summed E-state index contributed by atoms with van der Waals surface area (Å²) >= 11 is 1.54. The first-order valence-corrected chi connectivity index (χ1v) is 11.2. The van der Waals surface area contributed by atoms with Gasteiger partial charge in [0, 0.05) is 17.0 Å². The van der Waals surface area contributed by atoms with Crippen LogP contribution in [-0.2, 0) is 16.4 Å². The minimum Gasteiger partial charge on any atom is -0.211 e. The largest absolute Gasteiger partial charge is 0.240 e. The first-order chi connectivity index (χ1) is 13.4. The van der Waals surface area contributed by atoms with E-state index in [1.165, 1.54) is 5.56 Å². The second kappa shape index (κ2) is 7.46. The maximum Gasteiger partial charge on any atom is 0.240 e. The Labute approximate surface area is 167 Å². The van der Waals surface area contributed by atoms with E-state index in [1.54, 1.807) is 41.7 Å². The molecule has 28 heavy (non-hydrogen) atoms. The molecule has 0 saturated heterocycles. The zero-order valence-electron chi connectivity index (χ0n) is 15.6. The predicted octanol–water partition coefficient (Wildman–Crippen LogP) is 3.60. The van der Waals surface area contributed by atoms with Crippen LogP contribution in [0.3, 0.4) is 0 Å². The fraction of sp³-hybridized carbons (Fsp3) is 0.200. The quantitative estimate of drug-likeness (QED) is 0.525. The van der Waals surface area contributed by atoms with Crippen molar-refractivity contribution in [2.45, 2.75) is 25.2 Å². The van der Waals surface area contributed by atoms with E-state index >= 15 is 0 Å². The van der Waals surface area contributed by atoms with E-state index in [2.05, 4.69) is 14.8 Å². The van der Waals surface area contributed by atoms with E-state index in [0.29, 0.717) is 18.8 Å². The number of nitrogens with zero attached hydrogens (tertiary/aromatic N) is 3. The lowest BCUT2D eigenvalue weighted by Crippen LogP contribution is -2.25. The van der Waals surface area contributed by atoms with Crippen LogP contribution in [-0.4, -0.2) is 29.6 Å². The maximum atomic E-state index is 12.3. The molecule has 0 atom stereocenters. The number of sulfonamides is 1. The van der Waals surface area contributed by atoms with Crippen molar-refractivity contribution < 1.29 is 8.42 Å². The average molecular weight is 413 g/mol. The van der Waals surface area contributed by atoms with Crippen LogP contribution in [0.4, 0.5) is 0 Å². The molecule has 1 N–H and O–H groups in total. The maximum absolute atomic E-state index is 12.3. The highest BCUT2D eigenvalue weighted by Crippen LogP contribution is 2.25. The van der Waals surface area contributed by atoms with E-state index in [9.17, 15) is 8.42 Å². The van der Waals surface area contributed by atoms with Crippen LogP contribution < -0.4 is 4.72 Å². The summed E-state index contributed by atoms with van der Waals surface area (Å²) in [4.78, 5) is 6.79. The van der Waals surface area contributed by atoms with E-state index in [4.69, 9.17) is 0 Å². The van der Waals surface area contributed by atoms with Crippen LogP contribution in [0, 0.1) is 13.8 Å². The molecule has 144 valence electrons. The second-order valence-electron chi connectivity index (χ2n) is 6.57. The standard InChI is InChI=1S/C20H20N4O2S2/c1-14-8-10-16(11-9-14)19-22-20-24(23-19)15(2)18(27-20)12-13-21-28(25,26)17-6-4-3-5-7-17/h3-11,21H,12-13H2,1-2H3. The molecule has 0 unspecified atom stereocenters. The molecule has 4 rings (SSSR count). The summed E-state index contributed by atoms with van der Waals surface area (Å²) in [6.45, 7) is 4.36. The van der Waals surface area contributed by atoms with Crippen molar-refractivity contribution in [1.82, 2.24) is 19.3 Å². The van der Waals surface area contributed by atoms with Gasteiger partial charge in [0.2, 0.25) is 15.0 Å². The number of rotatable bonds is 6. The van der Waals surface area contributed by atoms with Gasteiger partial charge in [0.15, 0.2) is 5.82 Å². The number of aryl methyl sites for hydroxylation is 2. The third-order valence-electron chi connectivity index (χ3n) is 4.52. The highest BCUT2D eigenvalue weighted by atomic mass is 32.2. The molecule has 0 fully saturated rings. The van der Waals surface area contributed by atoms with Gasteiger partial charge in [0.1, 0.15) is 0 Å². The number of aromatic nitrogens is 3. The molecule has 0 saturated carbocycles. The number of thiazole rings is 1. The van der Waals surface area contributed by atoms with Gasteiger partial charge in [-0.1, -0.05) is 59.4 Å². The van der Waals surface area contributed by atoms with E-state index in [1.807, 2.05) is 42.6 Å². The molecule has 0 spiro atoms. The normalized spacial score (nSPS) is 11.9. The lowest BCUT2D eigenvalue weighted by molar-refractivity contribution is 0.581. The minimum absolute atomic E-state index is 0.275. The Bertz CT molecular complexity index is 1210. The average Bonchev–Trinajstić information content (AvgIpc) is 3.23. The SMILES string of the molecule is Cc1ccc(-c2nc3sc(CCNS(=O)(=O)c4ccccc4)c(C)n3n2)cc1. The minimum atomic E-state index is -3.49. The summed E-state index contributed by atoms with van der Waals surface area (Å²) in [7, 11) is -3.49. The van der Waals surface area contributed by atoms with Crippen LogP contribution >= 0.6 is 11.3 Å². The molecule has 0 bridgehead atoms. The number of fused-ring (bicyclic) bond motifs is 1. The summed E-state index contributed by atoms with van der Waals surface area (Å²) in [5, 5.41) is 4.61. The van der Waals surface area contributed by atoms with Crippen LogP contribution in [0.2, 0.25) is 0 Å². The van der Waals surface area contributed by atoms with Crippen LogP contribution in [0.1, 0.15) is 16.1 Å². The topological polar surface area (TPSA) is 76.4 Å². The molecular formula is C20H20N4O2S2. The van der Waals surface area contributed by atoms with Crippen LogP contribution in [0.15, 0.2) is 59.5 Å². The molecule has 0 amide bonds. The fourth-order valence-corrected chi connectivity index (χ4v) is 5.03. The fourth-order valence-electron chi connectivity index (χ4n) is 2.92. The van der Waals surface area contributed by atoms with Crippen molar-refractivity contribution in [2.75, 3.05) is 6.54 Å². The Kier molecular flexibility index (Phi) is 5.01. The highest BCUT2D eigenvalue weighted by molar-refractivity contribution is 7.89. The third kappa shape index (κ3) is 3.71. The molecule has 2 heterocycles. The molecule has 0 aliphatic rings. The van der Waals surface area contributed by atoms with Crippen LogP contribution in [0.25, 0.3) is 16.3 Å². The number of hydrogen-bond acceptors (Lipinski definition) is 5. The molecule has 0 aliphatic heterocycles. The number of hydrogen-bond donors (Lipinski definition) is 1. The van der Waals surface area contributed by atoms with Gasteiger partial charge in [0.05, 0.1) is 10.6 Å². The van der Waals surface area contributed by atoms with E-state index < -0.39 is 10.0 Å². The summed E-state index contributed by atoms with van der Waals surface area (Å²) in [6, 6.07) is 16.5. The van der Waals surface area contributed by atoms with Crippen molar-refractivity contribution in [3.05, 3.63) is 70.7 Å². The van der Waals surface area contributed by atoms with Gasteiger partial charge in [0.25, 0.3) is 0 Å². The lowest BCUT2D eigenvalue weighted by Gasteiger charge is -2.06. The van der Waals surface area contributed by atoms with E-state index in [-0.39, 0.29) is 4.90 Å². The van der Waals surface area contributed by atoms with Crippen molar-refractivity contribution in [2.24, 2.45) is 0 Å². The predicted molar refractivity (Wildman–Crippen MR) is 111 cm³/mol. The molecule has 2 aromatic carbocycles. The summed E-state index contributed by atoms with van der Waals surface area (Å²) in [5.41, 5.74) is 3.17. The second-order valence-corrected chi connectivity index (χ2v) is 9.40. The van der Waals surface area contributed by atoms with Gasteiger partial charge in [-0.2, -0.15) is 4.98 Å². The van der Waals surface area contributed by atoms with Gasteiger partial charge < -0.3 is 0 Å². The van der Waals surface area contributed by atoms with Crippen molar-refractivity contribution >= 4 is 26.3 Å². The molecule has 8 heteroatoms. The molecule has 2 aromatic heterocycles. The Morgan fingerprint density at radius 1 is 1.04 bits per heavy atom. The monoisotopic (exact) mass is 412 g/mol. The Morgan fingerprint density at radius 2 is 1.75 bits per heavy atom. The molecule has 4 aromatic rings.